The number of hydrogen-bond donors (Lipinski definition) is 1. The molecule has 2 fully saturated rings. The van der Waals surface area contributed by atoms with Crippen molar-refractivity contribution < 1.29 is 19.0 Å². The molecule has 0 heterocycles. The summed E-state index contributed by atoms with van der Waals surface area (Å²) in [5.74, 6) is -0.546. The molecule has 26 heavy (non-hydrogen) atoms. The predicted octanol–water partition coefficient (Wildman–Crippen LogP) is 5.78. The minimum absolute atomic E-state index is 0.110. The molecule has 136 valence electrons. The molecule has 0 atom stereocenters. The van der Waals surface area contributed by atoms with Gasteiger partial charge in [0.15, 0.2) is 0 Å². The fraction of sp³-hybridized carbons (Fsp3) is 0.409. The van der Waals surface area contributed by atoms with Crippen molar-refractivity contribution in [3.8, 4) is 16.9 Å². The van der Waals surface area contributed by atoms with E-state index in [1.807, 2.05) is 12.1 Å². The van der Waals surface area contributed by atoms with Crippen LogP contribution in [0.4, 0.5) is 4.39 Å². The van der Waals surface area contributed by atoms with Gasteiger partial charge in [0.25, 0.3) is 0 Å². The number of carbonyl (C=O) groups is 1. The summed E-state index contributed by atoms with van der Waals surface area (Å²) in [4.78, 5) is 11.9. The second-order valence-corrected chi connectivity index (χ2v) is 7.34. The molecule has 2 aliphatic rings. The maximum atomic E-state index is 14.7. The Balaban J connectivity index is 1.87. The minimum Gasteiger partial charge on any atom is -0.490 e. The zero-order chi connectivity index (χ0) is 18.1. The van der Waals surface area contributed by atoms with E-state index in [2.05, 4.69) is 0 Å². The molecule has 1 N–H and O–H groups in total. The average molecular weight is 354 g/mol. The van der Waals surface area contributed by atoms with Gasteiger partial charge in [-0.1, -0.05) is 24.6 Å². The van der Waals surface area contributed by atoms with Crippen LogP contribution in [0.2, 0.25) is 0 Å². The van der Waals surface area contributed by atoms with Crippen molar-refractivity contribution in [2.24, 2.45) is 0 Å². The fourth-order valence-electron chi connectivity index (χ4n) is 4.14. The maximum Gasteiger partial charge on any atom is 0.336 e. The van der Waals surface area contributed by atoms with Gasteiger partial charge in [-0.3, -0.25) is 0 Å². The first-order valence-electron chi connectivity index (χ1n) is 9.47. The van der Waals surface area contributed by atoms with E-state index in [-0.39, 0.29) is 23.4 Å². The van der Waals surface area contributed by atoms with Gasteiger partial charge in [-0.2, -0.15) is 0 Å². The van der Waals surface area contributed by atoms with Crippen molar-refractivity contribution in [3.63, 3.8) is 0 Å². The highest BCUT2D eigenvalue weighted by molar-refractivity contribution is 5.98. The minimum atomic E-state index is -1.01. The molecule has 4 rings (SSSR count). The van der Waals surface area contributed by atoms with Crippen LogP contribution in [0.5, 0.6) is 5.75 Å². The Kier molecular flexibility index (Phi) is 4.66. The van der Waals surface area contributed by atoms with Gasteiger partial charge in [0.05, 0.1) is 11.7 Å². The highest BCUT2D eigenvalue weighted by Gasteiger charge is 2.29. The van der Waals surface area contributed by atoms with Crippen molar-refractivity contribution in [1.82, 2.24) is 0 Å². The first-order chi connectivity index (χ1) is 12.6. The number of carboxylic acids is 1. The summed E-state index contributed by atoms with van der Waals surface area (Å²) < 4.78 is 20.9. The highest BCUT2D eigenvalue weighted by atomic mass is 19.1. The largest absolute Gasteiger partial charge is 0.490 e. The molecule has 0 spiro atoms. The Labute approximate surface area is 152 Å². The molecular weight excluding hydrogens is 331 g/mol. The summed E-state index contributed by atoms with van der Waals surface area (Å²) >= 11 is 0. The molecule has 0 saturated heterocycles. The summed E-state index contributed by atoms with van der Waals surface area (Å²) in [6.07, 6.45) is 7.32. The zero-order valence-electron chi connectivity index (χ0n) is 14.7. The third-order valence-corrected chi connectivity index (χ3v) is 5.69. The Morgan fingerprint density at radius 2 is 1.73 bits per heavy atom. The maximum absolute atomic E-state index is 14.7. The van der Waals surface area contributed by atoms with Crippen LogP contribution in [0.15, 0.2) is 36.4 Å². The van der Waals surface area contributed by atoms with Crippen molar-refractivity contribution in [2.45, 2.75) is 57.0 Å². The zero-order valence-corrected chi connectivity index (χ0v) is 14.7. The average Bonchev–Trinajstić information content (AvgIpc) is 3.08. The Morgan fingerprint density at radius 3 is 2.38 bits per heavy atom. The number of ether oxygens (including phenoxy) is 1. The molecule has 3 nitrogen and oxygen atoms in total. The molecule has 0 bridgehead atoms. The monoisotopic (exact) mass is 354 g/mol. The van der Waals surface area contributed by atoms with Gasteiger partial charge in [-0.25, -0.2) is 9.18 Å². The fourth-order valence-corrected chi connectivity index (χ4v) is 4.14. The third-order valence-electron chi connectivity index (χ3n) is 5.69. The lowest BCUT2D eigenvalue weighted by atomic mass is 9.76. The molecule has 0 aromatic heterocycles. The van der Waals surface area contributed by atoms with E-state index in [0.717, 1.165) is 44.9 Å². The Bertz CT molecular complexity index is 820. The quantitative estimate of drug-likeness (QED) is 0.740. The van der Waals surface area contributed by atoms with Crippen molar-refractivity contribution in [3.05, 3.63) is 53.3 Å². The van der Waals surface area contributed by atoms with E-state index in [1.54, 1.807) is 18.2 Å². The van der Waals surface area contributed by atoms with Crippen LogP contribution in [-0.4, -0.2) is 17.2 Å². The normalized spacial score (nSPS) is 17.9. The predicted molar refractivity (Wildman–Crippen MR) is 98.3 cm³/mol. The van der Waals surface area contributed by atoms with Crippen molar-refractivity contribution in [1.29, 1.82) is 0 Å². The van der Waals surface area contributed by atoms with Crippen LogP contribution >= 0.6 is 0 Å². The van der Waals surface area contributed by atoms with E-state index >= 15 is 0 Å². The Hall–Kier alpha value is -2.36. The highest BCUT2D eigenvalue weighted by Crippen LogP contribution is 2.46. The molecule has 0 aliphatic heterocycles. The summed E-state index contributed by atoms with van der Waals surface area (Å²) in [7, 11) is 0. The van der Waals surface area contributed by atoms with Gasteiger partial charge in [0.1, 0.15) is 11.6 Å². The first kappa shape index (κ1) is 17.1. The molecule has 2 saturated carbocycles. The van der Waals surface area contributed by atoms with E-state index < -0.39 is 5.97 Å². The second-order valence-electron chi connectivity index (χ2n) is 7.34. The van der Waals surface area contributed by atoms with E-state index in [9.17, 15) is 14.3 Å². The van der Waals surface area contributed by atoms with Gasteiger partial charge in [-0.05, 0) is 73.8 Å². The lowest BCUT2D eigenvalue weighted by molar-refractivity contribution is 0.0697. The van der Waals surface area contributed by atoms with Crippen LogP contribution in [-0.2, 0) is 0 Å². The summed E-state index contributed by atoms with van der Waals surface area (Å²) in [5, 5.41) is 9.73. The molecule has 0 unspecified atom stereocenters. The molecule has 2 aliphatic carbocycles. The van der Waals surface area contributed by atoms with Crippen LogP contribution in [0, 0.1) is 5.82 Å². The van der Waals surface area contributed by atoms with Crippen LogP contribution in [0.25, 0.3) is 11.1 Å². The van der Waals surface area contributed by atoms with Crippen LogP contribution in [0.1, 0.15) is 66.8 Å². The van der Waals surface area contributed by atoms with Crippen molar-refractivity contribution >= 4 is 5.97 Å². The number of hydrogen-bond acceptors (Lipinski definition) is 2. The second kappa shape index (κ2) is 7.10. The first-order valence-corrected chi connectivity index (χ1v) is 9.47. The van der Waals surface area contributed by atoms with Gasteiger partial charge in [0.2, 0.25) is 0 Å². The summed E-state index contributed by atoms with van der Waals surface area (Å²) in [6.45, 7) is 0. The number of aromatic carboxylic acids is 1. The lowest BCUT2D eigenvalue weighted by Crippen LogP contribution is -2.15. The van der Waals surface area contributed by atoms with E-state index in [1.165, 1.54) is 6.07 Å². The van der Waals surface area contributed by atoms with Gasteiger partial charge < -0.3 is 9.84 Å². The summed E-state index contributed by atoms with van der Waals surface area (Å²) in [5.41, 5.74) is 2.00. The third kappa shape index (κ3) is 3.09. The van der Waals surface area contributed by atoms with E-state index in [0.29, 0.717) is 22.4 Å². The molecule has 2 aromatic carbocycles. The number of halogens is 1. The topological polar surface area (TPSA) is 46.5 Å². The van der Waals surface area contributed by atoms with Gasteiger partial charge in [0, 0.05) is 5.56 Å². The Morgan fingerprint density at radius 1 is 1.00 bits per heavy atom. The van der Waals surface area contributed by atoms with Crippen molar-refractivity contribution in [2.75, 3.05) is 0 Å². The number of rotatable bonds is 5. The van der Waals surface area contributed by atoms with Crippen LogP contribution < -0.4 is 4.74 Å². The van der Waals surface area contributed by atoms with Gasteiger partial charge in [-0.15, -0.1) is 0 Å². The number of carboxylic acid groups (broad SMARTS) is 1. The SMILES string of the molecule is O=C(O)c1cccc(OC2CCCC2)c1-c1cccc(F)c1C1CCC1. The van der Waals surface area contributed by atoms with Crippen LogP contribution in [0.3, 0.4) is 0 Å². The molecular formula is C22H23FO3. The van der Waals surface area contributed by atoms with Gasteiger partial charge >= 0.3 is 5.97 Å². The molecule has 2 aromatic rings. The van der Waals surface area contributed by atoms with E-state index in [4.69, 9.17) is 4.74 Å². The molecule has 0 radical (unpaired) electrons. The lowest BCUT2D eigenvalue weighted by Gasteiger charge is -2.29. The summed E-state index contributed by atoms with van der Waals surface area (Å²) in [6, 6.07) is 10.1. The molecule has 0 amide bonds. The molecule has 4 heteroatoms. The number of benzene rings is 2. The smallest absolute Gasteiger partial charge is 0.336 e. The standard InChI is InChI=1S/C22H23FO3/c23-18-12-4-10-16(20(18)14-6-3-7-14)21-17(22(24)25)11-5-13-19(21)26-15-8-1-2-9-15/h4-5,10-15H,1-3,6-9H2,(H,24,25).